The van der Waals surface area contributed by atoms with Gasteiger partial charge in [0.2, 0.25) is 15.9 Å². The predicted octanol–water partition coefficient (Wildman–Crippen LogP) is 1.97. The maximum Gasteiger partial charge on any atom is 0.329 e. The molecule has 0 saturated carbocycles. The number of fused-ring (bicyclic) bond motifs is 1. The summed E-state index contributed by atoms with van der Waals surface area (Å²) in [6.07, 6.45) is 0. The molecular weight excluding hydrogens is 428 g/mol. The number of amides is 1. The number of sulfonamides is 1. The molecule has 4 rings (SSSR count). The molecule has 32 heavy (non-hydrogen) atoms. The monoisotopic (exact) mass is 456 g/mol. The van der Waals surface area contributed by atoms with Crippen LogP contribution in [-0.4, -0.2) is 58.8 Å². The van der Waals surface area contributed by atoms with Crippen molar-refractivity contribution in [3.63, 3.8) is 0 Å². The van der Waals surface area contributed by atoms with Crippen molar-refractivity contribution >= 4 is 27.0 Å². The van der Waals surface area contributed by atoms with Crippen LogP contribution in [0, 0.1) is 13.8 Å². The normalized spacial score (nSPS) is 15.4. The van der Waals surface area contributed by atoms with E-state index in [2.05, 4.69) is 0 Å². The summed E-state index contributed by atoms with van der Waals surface area (Å²) in [4.78, 5) is 27.7. The first kappa shape index (κ1) is 22.3. The number of carbonyl (C=O) groups excluding carboxylic acids is 1. The second-order valence-corrected chi connectivity index (χ2v) is 10.1. The van der Waals surface area contributed by atoms with Crippen LogP contribution in [0.5, 0.6) is 0 Å². The van der Waals surface area contributed by atoms with E-state index in [4.69, 9.17) is 0 Å². The third-order valence-corrected chi connectivity index (χ3v) is 8.13. The van der Waals surface area contributed by atoms with Gasteiger partial charge in [-0.25, -0.2) is 13.2 Å². The number of nitrogens with zero attached hydrogens (tertiary/aromatic N) is 4. The Morgan fingerprint density at radius 3 is 2.19 bits per heavy atom. The standard InChI is InChI=1S/C23H28N4O4S/c1-4-26-19-7-5-6-8-20(19)27(23(26)29)16-22(28)24-11-13-25(14-12-24)32(30,31)21-15-17(2)9-10-18(21)3/h5-10,15H,4,11-14,16H2,1-3H3. The van der Waals surface area contributed by atoms with E-state index in [1.165, 1.54) is 8.87 Å². The van der Waals surface area contributed by atoms with E-state index in [9.17, 15) is 18.0 Å². The third kappa shape index (κ3) is 3.86. The fraction of sp³-hybridized carbons (Fsp3) is 0.391. The van der Waals surface area contributed by atoms with Crippen LogP contribution in [0.2, 0.25) is 0 Å². The number of aromatic nitrogens is 2. The van der Waals surface area contributed by atoms with Gasteiger partial charge in [0, 0.05) is 32.7 Å². The first-order valence-corrected chi connectivity index (χ1v) is 12.2. The molecule has 1 amide bonds. The summed E-state index contributed by atoms with van der Waals surface area (Å²) < 4.78 is 30.8. The second-order valence-electron chi connectivity index (χ2n) is 8.16. The lowest BCUT2D eigenvalue weighted by molar-refractivity contribution is -0.133. The van der Waals surface area contributed by atoms with E-state index in [1.807, 2.05) is 50.2 Å². The number of aryl methyl sites for hydroxylation is 3. The molecule has 2 aromatic carbocycles. The molecule has 3 aromatic rings. The van der Waals surface area contributed by atoms with Gasteiger partial charge in [0.15, 0.2) is 0 Å². The Labute approximate surface area is 187 Å². The molecule has 0 aliphatic carbocycles. The number of rotatable bonds is 5. The number of para-hydroxylation sites is 2. The fourth-order valence-corrected chi connectivity index (χ4v) is 6.00. The van der Waals surface area contributed by atoms with Crippen molar-refractivity contribution in [1.29, 1.82) is 0 Å². The first-order chi connectivity index (χ1) is 15.2. The molecule has 0 spiro atoms. The van der Waals surface area contributed by atoms with Crippen LogP contribution in [-0.2, 0) is 27.9 Å². The van der Waals surface area contributed by atoms with Crippen molar-refractivity contribution in [2.24, 2.45) is 0 Å². The Morgan fingerprint density at radius 2 is 1.56 bits per heavy atom. The number of benzene rings is 2. The zero-order valence-electron chi connectivity index (χ0n) is 18.6. The summed E-state index contributed by atoms with van der Waals surface area (Å²) in [5.74, 6) is -0.185. The van der Waals surface area contributed by atoms with Crippen LogP contribution >= 0.6 is 0 Å². The minimum Gasteiger partial charge on any atom is -0.338 e. The van der Waals surface area contributed by atoms with Gasteiger partial charge in [0.1, 0.15) is 6.54 Å². The minimum absolute atomic E-state index is 0.0594. The van der Waals surface area contributed by atoms with Crippen molar-refractivity contribution in [2.75, 3.05) is 26.2 Å². The molecule has 1 saturated heterocycles. The average molecular weight is 457 g/mol. The molecule has 0 bridgehead atoms. The van der Waals surface area contributed by atoms with Crippen LogP contribution in [0.25, 0.3) is 11.0 Å². The Hall–Kier alpha value is -2.91. The van der Waals surface area contributed by atoms with E-state index in [1.54, 1.807) is 22.5 Å². The lowest BCUT2D eigenvalue weighted by Crippen LogP contribution is -2.51. The molecule has 1 fully saturated rings. The highest BCUT2D eigenvalue weighted by Gasteiger charge is 2.31. The zero-order chi connectivity index (χ0) is 23.0. The molecule has 1 aliphatic heterocycles. The van der Waals surface area contributed by atoms with E-state index in [0.29, 0.717) is 30.1 Å². The van der Waals surface area contributed by atoms with E-state index < -0.39 is 10.0 Å². The predicted molar refractivity (Wildman–Crippen MR) is 123 cm³/mol. The quantitative estimate of drug-likeness (QED) is 0.588. The topological polar surface area (TPSA) is 84.6 Å². The van der Waals surface area contributed by atoms with Gasteiger partial charge in [0.25, 0.3) is 0 Å². The number of piperazine rings is 1. The SMILES string of the molecule is CCn1c(=O)n(CC(=O)N2CCN(S(=O)(=O)c3cc(C)ccc3C)CC2)c2ccccc21. The minimum atomic E-state index is -3.62. The fourth-order valence-electron chi connectivity index (χ4n) is 4.27. The zero-order valence-corrected chi connectivity index (χ0v) is 19.4. The van der Waals surface area contributed by atoms with Crippen LogP contribution in [0.3, 0.4) is 0 Å². The highest BCUT2D eigenvalue weighted by Crippen LogP contribution is 2.22. The van der Waals surface area contributed by atoms with Gasteiger partial charge in [-0.2, -0.15) is 4.31 Å². The number of hydrogen-bond donors (Lipinski definition) is 0. The summed E-state index contributed by atoms with van der Waals surface area (Å²) in [7, 11) is -3.62. The molecule has 9 heteroatoms. The van der Waals surface area contributed by atoms with E-state index in [-0.39, 0.29) is 31.2 Å². The molecule has 2 heterocycles. The van der Waals surface area contributed by atoms with Gasteiger partial charge < -0.3 is 4.90 Å². The van der Waals surface area contributed by atoms with Crippen molar-refractivity contribution in [3.05, 3.63) is 64.1 Å². The largest absolute Gasteiger partial charge is 0.338 e. The van der Waals surface area contributed by atoms with Gasteiger partial charge in [0.05, 0.1) is 15.9 Å². The van der Waals surface area contributed by atoms with Crippen LogP contribution in [0.1, 0.15) is 18.1 Å². The van der Waals surface area contributed by atoms with Crippen molar-refractivity contribution < 1.29 is 13.2 Å². The molecule has 1 aromatic heterocycles. The number of imidazole rings is 1. The van der Waals surface area contributed by atoms with Gasteiger partial charge in [-0.1, -0.05) is 24.3 Å². The van der Waals surface area contributed by atoms with Gasteiger partial charge in [-0.05, 0) is 50.1 Å². The smallest absolute Gasteiger partial charge is 0.329 e. The molecule has 0 N–H and O–H groups in total. The highest BCUT2D eigenvalue weighted by atomic mass is 32.2. The van der Waals surface area contributed by atoms with Crippen LogP contribution in [0.4, 0.5) is 0 Å². The summed E-state index contributed by atoms with van der Waals surface area (Å²) in [5, 5.41) is 0. The molecule has 170 valence electrons. The van der Waals surface area contributed by atoms with E-state index in [0.717, 1.165) is 16.6 Å². The molecular formula is C23H28N4O4S. The molecule has 1 aliphatic rings. The Morgan fingerprint density at radius 1 is 0.938 bits per heavy atom. The average Bonchev–Trinajstić information content (AvgIpc) is 3.06. The maximum absolute atomic E-state index is 13.1. The van der Waals surface area contributed by atoms with Gasteiger partial charge in [-0.3, -0.25) is 13.9 Å². The van der Waals surface area contributed by atoms with Crippen molar-refractivity contribution in [3.8, 4) is 0 Å². The Bertz CT molecular complexity index is 1330. The van der Waals surface area contributed by atoms with Crippen LogP contribution < -0.4 is 5.69 Å². The second kappa shape index (κ2) is 8.55. The van der Waals surface area contributed by atoms with Crippen molar-refractivity contribution in [1.82, 2.24) is 18.3 Å². The van der Waals surface area contributed by atoms with Gasteiger partial charge in [-0.15, -0.1) is 0 Å². The third-order valence-electron chi connectivity index (χ3n) is 6.09. The summed E-state index contributed by atoms with van der Waals surface area (Å²) >= 11 is 0. The lowest BCUT2D eigenvalue weighted by Gasteiger charge is -2.34. The molecule has 0 unspecified atom stereocenters. The van der Waals surface area contributed by atoms with Crippen molar-refractivity contribution in [2.45, 2.75) is 38.8 Å². The molecule has 0 radical (unpaired) electrons. The first-order valence-electron chi connectivity index (χ1n) is 10.8. The number of carbonyl (C=O) groups is 1. The maximum atomic E-state index is 13.1. The summed E-state index contributed by atoms with van der Waals surface area (Å²) in [6.45, 7) is 7.07. The molecule has 8 nitrogen and oxygen atoms in total. The summed E-state index contributed by atoms with van der Waals surface area (Å²) in [6, 6.07) is 12.8. The Kier molecular flexibility index (Phi) is 5.96. The highest BCUT2D eigenvalue weighted by molar-refractivity contribution is 7.89. The van der Waals surface area contributed by atoms with Gasteiger partial charge >= 0.3 is 5.69 Å². The van der Waals surface area contributed by atoms with Crippen LogP contribution in [0.15, 0.2) is 52.2 Å². The number of hydrogen-bond acceptors (Lipinski definition) is 4. The Balaban J connectivity index is 1.49. The summed E-state index contributed by atoms with van der Waals surface area (Å²) in [5.41, 5.74) is 2.92. The molecule has 0 atom stereocenters. The lowest BCUT2D eigenvalue weighted by atomic mass is 10.2. The van der Waals surface area contributed by atoms with E-state index >= 15 is 0 Å².